The van der Waals surface area contributed by atoms with Gasteiger partial charge in [0.2, 0.25) is 0 Å². The molecule has 88 valence electrons. The molecule has 6 heteroatoms. The van der Waals surface area contributed by atoms with Gasteiger partial charge in [-0.05, 0) is 24.3 Å². The quantitative estimate of drug-likeness (QED) is 0.744. The summed E-state index contributed by atoms with van der Waals surface area (Å²) in [5.41, 5.74) is 0. The first-order valence-corrected chi connectivity index (χ1v) is 7.98. The van der Waals surface area contributed by atoms with Gasteiger partial charge in [-0.3, -0.25) is 4.21 Å². The molecule has 2 unspecified atom stereocenters. The summed E-state index contributed by atoms with van der Waals surface area (Å²) in [5.74, 6) is 0.484. The van der Waals surface area contributed by atoms with Gasteiger partial charge in [-0.2, -0.15) is 0 Å². The van der Waals surface area contributed by atoms with Crippen molar-refractivity contribution in [2.45, 2.75) is 15.9 Å². The van der Waals surface area contributed by atoms with Crippen molar-refractivity contribution >= 4 is 20.6 Å². The average Bonchev–Trinajstić information content (AvgIpc) is 3.00. The minimum Gasteiger partial charge on any atom is -0.372 e. The van der Waals surface area contributed by atoms with Crippen LogP contribution in [-0.2, 0) is 25.4 Å². The van der Waals surface area contributed by atoms with Gasteiger partial charge >= 0.3 is 0 Å². The Morgan fingerprint density at radius 2 is 1.94 bits per heavy atom. The van der Waals surface area contributed by atoms with Gasteiger partial charge in [-0.1, -0.05) is 0 Å². The number of hydrogen-bond donors (Lipinski definition) is 0. The second kappa shape index (κ2) is 4.27. The van der Waals surface area contributed by atoms with Crippen LogP contribution in [0.4, 0.5) is 0 Å². The fraction of sp³-hybridized carbons (Fsp3) is 0.400. The molecule has 1 aliphatic heterocycles. The third-order valence-electron chi connectivity index (χ3n) is 2.25. The fourth-order valence-corrected chi connectivity index (χ4v) is 3.06. The van der Waals surface area contributed by atoms with Crippen LogP contribution in [0.5, 0.6) is 0 Å². The summed E-state index contributed by atoms with van der Waals surface area (Å²) in [6, 6.07) is 6.15. The predicted molar refractivity (Wildman–Crippen MR) is 60.6 cm³/mol. The zero-order valence-electron chi connectivity index (χ0n) is 8.75. The highest BCUT2D eigenvalue weighted by molar-refractivity contribution is 7.90. The molecule has 0 spiro atoms. The molecule has 16 heavy (non-hydrogen) atoms. The molecule has 0 bridgehead atoms. The summed E-state index contributed by atoms with van der Waals surface area (Å²) in [5, 5.41) is 0. The lowest BCUT2D eigenvalue weighted by Crippen LogP contribution is -2.04. The van der Waals surface area contributed by atoms with Crippen LogP contribution in [0.1, 0.15) is 0 Å². The van der Waals surface area contributed by atoms with E-state index in [4.69, 9.17) is 4.74 Å². The summed E-state index contributed by atoms with van der Waals surface area (Å²) in [6.07, 6.45) is 1.26. The maximum Gasteiger partial charge on any atom is 0.175 e. The molecule has 0 radical (unpaired) electrons. The Bertz CT molecular complexity index is 500. The van der Waals surface area contributed by atoms with Crippen molar-refractivity contribution in [3.05, 3.63) is 24.3 Å². The third kappa shape index (κ3) is 2.90. The minimum atomic E-state index is -3.18. The van der Waals surface area contributed by atoms with Crippen LogP contribution in [0.3, 0.4) is 0 Å². The highest BCUT2D eigenvalue weighted by Gasteiger charge is 2.25. The summed E-state index contributed by atoms with van der Waals surface area (Å²) >= 11 is 0. The van der Waals surface area contributed by atoms with Crippen LogP contribution in [0.15, 0.2) is 34.1 Å². The van der Waals surface area contributed by atoms with Crippen molar-refractivity contribution in [3.63, 3.8) is 0 Å². The topological polar surface area (TPSA) is 63.7 Å². The normalized spacial score (nSPS) is 21.7. The lowest BCUT2D eigenvalue weighted by atomic mass is 10.4. The molecule has 1 heterocycles. The Morgan fingerprint density at radius 3 is 2.38 bits per heavy atom. The molecule has 0 amide bonds. The van der Waals surface area contributed by atoms with Gasteiger partial charge in [0.1, 0.15) is 0 Å². The molecule has 0 saturated carbocycles. The summed E-state index contributed by atoms with van der Waals surface area (Å²) in [4.78, 5) is 0.888. The highest BCUT2D eigenvalue weighted by Crippen LogP contribution is 2.17. The van der Waals surface area contributed by atoms with Gasteiger partial charge in [-0.25, -0.2) is 8.42 Å². The third-order valence-corrected chi connectivity index (χ3v) is 4.86. The summed E-state index contributed by atoms with van der Waals surface area (Å²) in [7, 11) is -4.29. The second-order valence-corrected chi connectivity index (χ2v) is 7.22. The van der Waals surface area contributed by atoms with E-state index in [1.54, 1.807) is 12.1 Å². The number of sulfone groups is 1. The molecular formula is C10H12O4S2. The lowest BCUT2D eigenvalue weighted by Gasteiger charge is -2.01. The Labute approximate surface area is 97.0 Å². The molecule has 1 aliphatic rings. The summed E-state index contributed by atoms with van der Waals surface area (Å²) < 4.78 is 39.1. The molecule has 0 aliphatic carbocycles. The van der Waals surface area contributed by atoms with Gasteiger partial charge in [0.15, 0.2) is 9.84 Å². The molecule has 1 fully saturated rings. The molecule has 0 N–H and O–H groups in total. The Kier molecular flexibility index (Phi) is 3.14. The van der Waals surface area contributed by atoms with Crippen LogP contribution >= 0.6 is 0 Å². The first kappa shape index (κ1) is 11.8. The Balaban J connectivity index is 2.15. The van der Waals surface area contributed by atoms with Gasteiger partial charge in [-0.15, -0.1) is 0 Å². The SMILES string of the molecule is CS(=O)(=O)c1ccc(S(=O)CC2CO2)cc1. The lowest BCUT2D eigenvalue weighted by molar-refractivity contribution is 0.424. The van der Waals surface area contributed by atoms with Crippen LogP contribution < -0.4 is 0 Å². The zero-order valence-corrected chi connectivity index (χ0v) is 10.4. The molecule has 1 aromatic carbocycles. The van der Waals surface area contributed by atoms with Gasteiger partial charge in [0.05, 0.1) is 34.2 Å². The van der Waals surface area contributed by atoms with E-state index in [1.165, 1.54) is 12.1 Å². The van der Waals surface area contributed by atoms with Crippen LogP contribution in [0, 0.1) is 0 Å². The zero-order chi connectivity index (χ0) is 11.8. The van der Waals surface area contributed by atoms with E-state index in [0.29, 0.717) is 17.3 Å². The van der Waals surface area contributed by atoms with Crippen molar-refractivity contribution < 1.29 is 17.4 Å². The number of ether oxygens (including phenoxy) is 1. The number of hydrogen-bond acceptors (Lipinski definition) is 4. The maximum atomic E-state index is 11.7. The maximum absolute atomic E-state index is 11.7. The van der Waals surface area contributed by atoms with E-state index >= 15 is 0 Å². The van der Waals surface area contributed by atoms with Gasteiger partial charge in [0, 0.05) is 11.2 Å². The smallest absolute Gasteiger partial charge is 0.175 e. The predicted octanol–water partition coefficient (Wildman–Crippen LogP) is 0.596. The second-order valence-electron chi connectivity index (χ2n) is 3.71. The van der Waals surface area contributed by atoms with Crippen molar-refractivity contribution in [2.24, 2.45) is 0 Å². The molecule has 0 aromatic heterocycles. The molecule has 1 aromatic rings. The van der Waals surface area contributed by atoms with Gasteiger partial charge < -0.3 is 4.74 Å². The van der Waals surface area contributed by atoms with E-state index < -0.39 is 20.6 Å². The number of rotatable bonds is 4. The van der Waals surface area contributed by atoms with E-state index in [1.807, 2.05) is 0 Å². The molecule has 1 saturated heterocycles. The average molecular weight is 260 g/mol. The first-order chi connectivity index (χ1) is 7.47. The van der Waals surface area contributed by atoms with E-state index in [-0.39, 0.29) is 11.0 Å². The molecular weight excluding hydrogens is 248 g/mol. The monoisotopic (exact) mass is 260 g/mol. The largest absolute Gasteiger partial charge is 0.372 e. The van der Waals surface area contributed by atoms with E-state index in [2.05, 4.69) is 0 Å². The molecule has 4 nitrogen and oxygen atoms in total. The number of epoxide rings is 1. The Hall–Kier alpha value is -0.720. The summed E-state index contributed by atoms with van der Waals surface area (Å²) in [6.45, 7) is 0.674. The van der Waals surface area contributed by atoms with E-state index in [0.717, 1.165) is 6.26 Å². The van der Waals surface area contributed by atoms with Crippen molar-refractivity contribution in [3.8, 4) is 0 Å². The van der Waals surface area contributed by atoms with Crippen LogP contribution in [0.2, 0.25) is 0 Å². The first-order valence-electron chi connectivity index (χ1n) is 4.77. The van der Waals surface area contributed by atoms with Crippen LogP contribution in [0.25, 0.3) is 0 Å². The minimum absolute atomic E-state index is 0.107. The molecule has 2 rings (SSSR count). The van der Waals surface area contributed by atoms with Gasteiger partial charge in [0.25, 0.3) is 0 Å². The standard InChI is InChI=1S/C10H12O4S2/c1-16(12,13)10-4-2-9(3-5-10)15(11)7-8-6-14-8/h2-5,8H,6-7H2,1H3. The molecule has 2 atom stereocenters. The number of benzene rings is 1. The van der Waals surface area contributed by atoms with E-state index in [9.17, 15) is 12.6 Å². The highest BCUT2D eigenvalue weighted by atomic mass is 32.2. The Morgan fingerprint density at radius 1 is 1.38 bits per heavy atom. The van der Waals surface area contributed by atoms with Crippen LogP contribution in [-0.4, -0.2) is 37.3 Å². The van der Waals surface area contributed by atoms with Crippen molar-refractivity contribution in [1.29, 1.82) is 0 Å². The van der Waals surface area contributed by atoms with Crippen molar-refractivity contribution in [2.75, 3.05) is 18.6 Å². The van der Waals surface area contributed by atoms with Crippen molar-refractivity contribution in [1.82, 2.24) is 0 Å². The fourth-order valence-electron chi connectivity index (χ4n) is 1.27.